The standard InChI is InChI=1S/C13H20O5/c1-10(14)18-11-7-5-3-4-6-8-13(11,16)9-12(15)17-2/h5,7,11,16H,3-4,6,8-9H2,1-2H3/b7-5-. The van der Waals surface area contributed by atoms with Crippen LogP contribution in [0.15, 0.2) is 12.2 Å². The summed E-state index contributed by atoms with van der Waals surface area (Å²) in [7, 11) is 1.27. The molecular formula is C13H20O5. The highest BCUT2D eigenvalue weighted by Crippen LogP contribution is 2.29. The molecule has 1 aliphatic rings. The minimum absolute atomic E-state index is 0.175. The molecule has 0 saturated heterocycles. The fourth-order valence-electron chi connectivity index (χ4n) is 2.07. The molecule has 0 heterocycles. The highest BCUT2D eigenvalue weighted by Gasteiger charge is 2.40. The first-order valence-electron chi connectivity index (χ1n) is 6.11. The van der Waals surface area contributed by atoms with Crippen molar-refractivity contribution in [1.29, 1.82) is 0 Å². The van der Waals surface area contributed by atoms with E-state index in [0.29, 0.717) is 6.42 Å². The highest BCUT2D eigenvalue weighted by molar-refractivity contribution is 5.71. The van der Waals surface area contributed by atoms with E-state index in [1.165, 1.54) is 14.0 Å². The van der Waals surface area contributed by atoms with Crippen LogP contribution < -0.4 is 0 Å². The lowest BCUT2D eigenvalue weighted by Gasteiger charge is -2.34. The normalized spacial score (nSPS) is 29.8. The summed E-state index contributed by atoms with van der Waals surface area (Å²) in [5.41, 5.74) is -1.38. The second-order valence-corrected chi connectivity index (χ2v) is 4.56. The second-order valence-electron chi connectivity index (χ2n) is 4.56. The summed E-state index contributed by atoms with van der Waals surface area (Å²) in [6, 6.07) is 0. The first kappa shape index (κ1) is 14.7. The molecule has 1 rings (SSSR count). The van der Waals surface area contributed by atoms with Crippen molar-refractivity contribution < 1.29 is 24.2 Å². The molecule has 0 bridgehead atoms. The molecule has 1 aliphatic carbocycles. The van der Waals surface area contributed by atoms with Crippen LogP contribution in [0.1, 0.15) is 39.0 Å². The van der Waals surface area contributed by atoms with Crippen molar-refractivity contribution in [2.24, 2.45) is 0 Å². The lowest BCUT2D eigenvalue weighted by atomic mass is 9.85. The van der Waals surface area contributed by atoms with Crippen molar-refractivity contribution in [3.05, 3.63) is 12.2 Å². The number of carbonyl (C=O) groups excluding carboxylic acids is 2. The van der Waals surface area contributed by atoms with Gasteiger partial charge in [0, 0.05) is 6.92 Å². The Morgan fingerprint density at radius 1 is 1.44 bits per heavy atom. The molecular weight excluding hydrogens is 236 g/mol. The Kier molecular flexibility index (Phi) is 5.34. The van der Waals surface area contributed by atoms with E-state index in [-0.39, 0.29) is 6.42 Å². The van der Waals surface area contributed by atoms with E-state index in [0.717, 1.165) is 19.3 Å². The topological polar surface area (TPSA) is 72.8 Å². The van der Waals surface area contributed by atoms with Crippen LogP contribution in [-0.2, 0) is 19.1 Å². The van der Waals surface area contributed by atoms with Crippen LogP contribution in [-0.4, -0.2) is 35.9 Å². The van der Waals surface area contributed by atoms with E-state index < -0.39 is 23.6 Å². The zero-order valence-corrected chi connectivity index (χ0v) is 10.8. The summed E-state index contributed by atoms with van der Waals surface area (Å²) in [5, 5.41) is 10.6. The van der Waals surface area contributed by atoms with Crippen molar-refractivity contribution in [2.75, 3.05) is 7.11 Å². The van der Waals surface area contributed by atoms with Crippen LogP contribution in [0.25, 0.3) is 0 Å². The highest BCUT2D eigenvalue weighted by atomic mass is 16.6. The van der Waals surface area contributed by atoms with Crippen LogP contribution >= 0.6 is 0 Å². The average molecular weight is 256 g/mol. The molecule has 2 atom stereocenters. The molecule has 0 fully saturated rings. The Hall–Kier alpha value is -1.36. The fraction of sp³-hybridized carbons (Fsp3) is 0.692. The van der Waals surface area contributed by atoms with Crippen molar-refractivity contribution in [3.8, 4) is 0 Å². The Balaban J connectivity index is 2.89. The van der Waals surface area contributed by atoms with Crippen LogP contribution in [0, 0.1) is 0 Å². The molecule has 2 unspecified atom stereocenters. The van der Waals surface area contributed by atoms with Crippen molar-refractivity contribution >= 4 is 11.9 Å². The van der Waals surface area contributed by atoms with Gasteiger partial charge in [0.15, 0.2) is 0 Å². The molecule has 0 radical (unpaired) electrons. The lowest BCUT2D eigenvalue weighted by Crippen LogP contribution is -2.46. The Morgan fingerprint density at radius 2 is 2.17 bits per heavy atom. The zero-order chi connectivity index (χ0) is 13.6. The Bertz CT molecular complexity index is 336. The third-order valence-electron chi connectivity index (χ3n) is 3.04. The summed E-state index contributed by atoms with van der Waals surface area (Å²) in [6.07, 6.45) is 5.55. The summed E-state index contributed by atoms with van der Waals surface area (Å²) in [5.74, 6) is -0.989. The lowest BCUT2D eigenvalue weighted by molar-refractivity contribution is -0.166. The second kappa shape index (κ2) is 6.54. The zero-order valence-electron chi connectivity index (χ0n) is 10.8. The van der Waals surface area contributed by atoms with Crippen LogP contribution in [0.2, 0.25) is 0 Å². The first-order valence-corrected chi connectivity index (χ1v) is 6.11. The van der Waals surface area contributed by atoms with Gasteiger partial charge in [0.05, 0.1) is 13.5 Å². The van der Waals surface area contributed by atoms with Gasteiger partial charge in [-0.15, -0.1) is 0 Å². The van der Waals surface area contributed by atoms with Gasteiger partial charge in [-0.3, -0.25) is 9.59 Å². The number of ether oxygens (including phenoxy) is 2. The monoisotopic (exact) mass is 256 g/mol. The van der Waals surface area contributed by atoms with Crippen molar-refractivity contribution in [2.45, 2.75) is 50.7 Å². The summed E-state index contributed by atoms with van der Waals surface area (Å²) in [6.45, 7) is 1.28. The minimum atomic E-state index is -1.38. The predicted molar refractivity (Wildman–Crippen MR) is 64.7 cm³/mol. The third kappa shape index (κ3) is 4.14. The van der Waals surface area contributed by atoms with E-state index in [9.17, 15) is 14.7 Å². The van der Waals surface area contributed by atoms with Crippen LogP contribution in [0.4, 0.5) is 0 Å². The van der Waals surface area contributed by atoms with E-state index >= 15 is 0 Å². The molecule has 0 aromatic rings. The summed E-state index contributed by atoms with van der Waals surface area (Å²) in [4.78, 5) is 22.4. The average Bonchev–Trinajstić information content (AvgIpc) is 2.29. The van der Waals surface area contributed by atoms with Gasteiger partial charge in [-0.1, -0.05) is 12.5 Å². The van der Waals surface area contributed by atoms with Gasteiger partial charge in [0.25, 0.3) is 0 Å². The van der Waals surface area contributed by atoms with E-state index in [1.807, 2.05) is 6.08 Å². The smallest absolute Gasteiger partial charge is 0.308 e. The number of aliphatic hydroxyl groups is 1. The van der Waals surface area contributed by atoms with Gasteiger partial charge in [0.2, 0.25) is 0 Å². The third-order valence-corrected chi connectivity index (χ3v) is 3.04. The maximum atomic E-state index is 11.4. The molecule has 0 aromatic heterocycles. The van der Waals surface area contributed by atoms with Gasteiger partial charge in [0.1, 0.15) is 11.7 Å². The van der Waals surface area contributed by atoms with Crippen LogP contribution in [0.5, 0.6) is 0 Å². The van der Waals surface area contributed by atoms with E-state index in [4.69, 9.17) is 4.74 Å². The molecule has 5 nitrogen and oxygen atoms in total. The first-order chi connectivity index (χ1) is 8.48. The molecule has 0 spiro atoms. The molecule has 1 N–H and O–H groups in total. The van der Waals surface area contributed by atoms with E-state index in [2.05, 4.69) is 4.74 Å². The number of hydrogen-bond donors (Lipinski definition) is 1. The SMILES string of the molecule is COC(=O)CC1(O)CCCC/C=C\C1OC(C)=O. The number of hydrogen-bond acceptors (Lipinski definition) is 5. The van der Waals surface area contributed by atoms with E-state index in [1.54, 1.807) is 6.08 Å². The Morgan fingerprint density at radius 3 is 2.78 bits per heavy atom. The van der Waals surface area contributed by atoms with Gasteiger partial charge < -0.3 is 14.6 Å². The number of allylic oxidation sites excluding steroid dienone is 1. The molecule has 0 aliphatic heterocycles. The molecule has 102 valence electrons. The largest absolute Gasteiger partial charge is 0.469 e. The Labute approximate surface area is 107 Å². The predicted octanol–water partition coefficient (Wildman–Crippen LogP) is 1.34. The van der Waals surface area contributed by atoms with Gasteiger partial charge in [-0.05, 0) is 25.3 Å². The summed E-state index contributed by atoms with van der Waals surface area (Å²) >= 11 is 0. The minimum Gasteiger partial charge on any atom is -0.469 e. The number of esters is 2. The number of methoxy groups -OCH3 is 1. The quantitative estimate of drug-likeness (QED) is 0.609. The molecule has 5 heteroatoms. The molecule has 0 saturated carbocycles. The number of carbonyl (C=O) groups is 2. The van der Waals surface area contributed by atoms with Gasteiger partial charge >= 0.3 is 11.9 Å². The van der Waals surface area contributed by atoms with Gasteiger partial charge in [-0.2, -0.15) is 0 Å². The van der Waals surface area contributed by atoms with Crippen molar-refractivity contribution in [1.82, 2.24) is 0 Å². The maximum absolute atomic E-state index is 11.4. The molecule has 0 aromatic carbocycles. The number of rotatable bonds is 3. The summed E-state index contributed by atoms with van der Waals surface area (Å²) < 4.78 is 9.68. The van der Waals surface area contributed by atoms with Crippen molar-refractivity contribution in [3.63, 3.8) is 0 Å². The maximum Gasteiger partial charge on any atom is 0.308 e. The molecule has 18 heavy (non-hydrogen) atoms. The molecule has 0 amide bonds. The fourth-order valence-corrected chi connectivity index (χ4v) is 2.07. The van der Waals surface area contributed by atoms with Gasteiger partial charge in [-0.25, -0.2) is 0 Å². The van der Waals surface area contributed by atoms with Crippen LogP contribution in [0.3, 0.4) is 0 Å².